The molecular formula is C16H24Cl2SiZr-2. The Morgan fingerprint density at radius 3 is 1.00 bits per heavy atom. The third-order valence-corrected chi connectivity index (χ3v) is 22.3. The van der Waals surface area contributed by atoms with E-state index in [1.807, 2.05) is 0 Å². The van der Waals surface area contributed by atoms with Gasteiger partial charge in [0, 0.05) is 0 Å². The standard InChI is InChI=1S/2C7H9.C2H6Si.2ClH.Zr/c2*1-6-3-4-7(2)5-6;1-3-2;;;/h2*3-5H,1-2H3;1-2H3;2*1H;/q2*-1;;;;+2/p-2. The third-order valence-electron chi connectivity index (χ3n) is 2.51. The van der Waals surface area contributed by atoms with E-state index in [1.54, 1.807) is 0 Å². The summed E-state index contributed by atoms with van der Waals surface area (Å²) in [5.74, 6) is 0. The molecule has 2 aromatic rings. The van der Waals surface area contributed by atoms with Crippen molar-refractivity contribution in [2.45, 2.75) is 40.8 Å². The van der Waals surface area contributed by atoms with Crippen LogP contribution in [0.3, 0.4) is 0 Å². The quantitative estimate of drug-likeness (QED) is 0.360. The second-order valence-electron chi connectivity index (χ2n) is 5.19. The van der Waals surface area contributed by atoms with Crippen LogP contribution in [0.1, 0.15) is 22.3 Å². The molecule has 0 fully saturated rings. The Kier molecular flexibility index (Phi) is 11.2. The number of hydrogen-bond donors (Lipinski definition) is 0. The second kappa shape index (κ2) is 11.0. The van der Waals surface area contributed by atoms with Crippen molar-refractivity contribution in [2.24, 2.45) is 0 Å². The summed E-state index contributed by atoms with van der Waals surface area (Å²) in [5.41, 5.74) is 5.21. The SMILES string of the molecule is C[Si](C)=[Zr]([Cl])[Cl].Cc1ccc(C)[cH-]1.Cc1ccc(C)[cH-]1. The fraction of sp³-hybridized carbons (Fsp3) is 0.375. The minimum Gasteiger partial charge on any atom is -0.211 e. The maximum atomic E-state index is 5.62. The Morgan fingerprint density at radius 2 is 0.950 bits per heavy atom. The summed E-state index contributed by atoms with van der Waals surface area (Å²) >= 11 is -1.65. The zero-order valence-corrected chi connectivity index (χ0v) is 18.2. The maximum Gasteiger partial charge on any atom is -0.0635 e. The zero-order valence-electron chi connectivity index (χ0n) is 13.2. The monoisotopic (exact) mass is 404 g/mol. The molecule has 0 radical (unpaired) electrons. The smallest absolute Gasteiger partial charge is 0.0635 e. The largest absolute Gasteiger partial charge is 0.211 e. The first kappa shape index (κ1) is 20.4. The van der Waals surface area contributed by atoms with Crippen LogP contribution in [-0.4, -0.2) is 5.43 Å². The van der Waals surface area contributed by atoms with E-state index in [2.05, 4.69) is 77.2 Å². The minimum absolute atomic E-state index is 0.224. The van der Waals surface area contributed by atoms with E-state index in [4.69, 9.17) is 17.0 Å². The molecule has 0 N–H and O–H groups in total. The van der Waals surface area contributed by atoms with E-state index in [0.29, 0.717) is 0 Å². The van der Waals surface area contributed by atoms with Crippen LogP contribution in [0.2, 0.25) is 13.1 Å². The zero-order chi connectivity index (χ0) is 15.7. The summed E-state index contributed by atoms with van der Waals surface area (Å²) in [5, 5.41) is 0. The average Bonchev–Trinajstić information content (AvgIpc) is 2.89. The summed E-state index contributed by atoms with van der Waals surface area (Å²) in [6, 6.07) is 12.8. The van der Waals surface area contributed by atoms with Gasteiger partial charge in [-0.2, -0.15) is 34.4 Å². The van der Waals surface area contributed by atoms with Crippen LogP contribution in [0.15, 0.2) is 36.4 Å². The Hall–Kier alpha value is 0.380. The van der Waals surface area contributed by atoms with E-state index in [-0.39, 0.29) is 5.43 Å². The van der Waals surface area contributed by atoms with Gasteiger partial charge in [-0.3, -0.25) is 0 Å². The molecule has 2 aromatic carbocycles. The van der Waals surface area contributed by atoms with E-state index in [0.717, 1.165) is 0 Å². The number of halogens is 2. The second-order valence-corrected chi connectivity index (χ2v) is 28.2. The topological polar surface area (TPSA) is 0 Å². The van der Waals surface area contributed by atoms with Crippen LogP contribution in [0.5, 0.6) is 0 Å². The molecule has 4 heteroatoms. The van der Waals surface area contributed by atoms with Crippen molar-refractivity contribution in [2.75, 3.05) is 0 Å². The molecule has 0 saturated heterocycles. The molecule has 0 atom stereocenters. The van der Waals surface area contributed by atoms with Gasteiger partial charge in [-0.05, 0) is 0 Å². The molecule has 0 bridgehead atoms. The van der Waals surface area contributed by atoms with Gasteiger partial charge < -0.3 is 0 Å². The molecule has 0 saturated carbocycles. The first-order chi connectivity index (χ1) is 9.22. The number of rotatable bonds is 0. The Labute approximate surface area is 139 Å². The summed E-state index contributed by atoms with van der Waals surface area (Å²) in [4.78, 5) is 0. The van der Waals surface area contributed by atoms with Gasteiger partial charge in [-0.15, -0.1) is 0 Å². The Morgan fingerprint density at radius 1 is 0.750 bits per heavy atom. The van der Waals surface area contributed by atoms with E-state index < -0.39 is 18.0 Å². The van der Waals surface area contributed by atoms with Crippen LogP contribution in [0.25, 0.3) is 0 Å². The van der Waals surface area contributed by atoms with Crippen molar-refractivity contribution >= 4 is 22.5 Å². The third kappa shape index (κ3) is 11.1. The van der Waals surface area contributed by atoms with Gasteiger partial charge in [0.2, 0.25) is 0 Å². The van der Waals surface area contributed by atoms with Crippen LogP contribution in [-0.2, 0) is 18.0 Å². The predicted molar refractivity (Wildman–Crippen MR) is 92.2 cm³/mol. The first-order valence-electron chi connectivity index (χ1n) is 6.60. The van der Waals surface area contributed by atoms with Crippen molar-refractivity contribution in [3.63, 3.8) is 0 Å². The molecule has 0 nitrogen and oxygen atoms in total. The minimum atomic E-state index is -1.65. The molecule has 0 unspecified atom stereocenters. The Bertz CT molecular complexity index is 449. The maximum absolute atomic E-state index is 5.62. The molecule has 0 aliphatic carbocycles. The van der Waals surface area contributed by atoms with Gasteiger partial charge in [0.15, 0.2) is 0 Å². The molecule has 0 spiro atoms. The Balaban J connectivity index is 0.000000272. The van der Waals surface area contributed by atoms with Crippen molar-refractivity contribution in [1.29, 1.82) is 0 Å². The van der Waals surface area contributed by atoms with Crippen molar-refractivity contribution in [3.8, 4) is 0 Å². The molecule has 0 aliphatic heterocycles. The van der Waals surface area contributed by atoms with Crippen LogP contribution in [0.4, 0.5) is 0 Å². The van der Waals surface area contributed by atoms with Gasteiger partial charge in [0.25, 0.3) is 0 Å². The molecule has 0 aromatic heterocycles. The van der Waals surface area contributed by atoms with Crippen molar-refractivity contribution < 1.29 is 18.0 Å². The van der Waals surface area contributed by atoms with Gasteiger partial charge in [-0.1, -0.05) is 27.7 Å². The number of aryl methyl sites for hydroxylation is 4. The summed E-state index contributed by atoms with van der Waals surface area (Å²) < 4.78 is 0. The van der Waals surface area contributed by atoms with Gasteiger partial charge in [0.1, 0.15) is 0 Å². The molecule has 0 heterocycles. The summed E-state index contributed by atoms with van der Waals surface area (Å²) in [6.07, 6.45) is 0. The molecule has 0 amide bonds. The number of hydrogen-bond acceptors (Lipinski definition) is 0. The fourth-order valence-corrected chi connectivity index (χ4v) is 1.44. The first-order valence-corrected chi connectivity index (χ1v) is 19.1. The van der Waals surface area contributed by atoms with E-state index in [9.17, 15) is 0 Å². The predicted octanol–water partition coefficient (Wildman–Crippen LogP) is 6.21. The average molecular weight is 407 g/mol. The summed E-state index contributed by atoms with van der Waals surface area (Å²) in [7, 11) is 11.2. The van der Waals surface area contributed by atoms with Gasteiger partial charge in [-0.25, -0.2) is 24.3 Å². The molecule has 20 heavy (non-hydrogen) atoms. The summed E-state index contributed by atoms with van der Waals surface area (Å²) in [6.45, 7) is 12.7. The van der Waals surface area contributed by atoms with Crippen LogP contribution < -0.4 is 0 Å². The molecule has 2 rings (SSSR count). The van der Waals surface area contributed by atoms with Crippen LogP contribution >= 0.6 is 17.0 Å². The van der Waals surface area contributed by atoms with E-state index >= 15 is 0 Å². The van der Waals surface area contributed by atoms with E-state index in [1.165, 1.54) is 22.3 Å². The van der Waals surface area contributed by atoms with Crippen molar-refractivity contribution in [3.05, 3.63) is 58.7 Å². The van der Waals surface area contributed by atoms with Gasteiger partial charge in [0.05, 0.1) is 0 Å². The van der Waals surface area contributed by atoms with Gasteiger partial charge >= 0.3 is 53.5 Å². The van der Waals surface area contributed by atoms with Crippen molar-refractivity contribution in [1.82, 2.24) is 0 Å². The normalized spacial score (nSPS) is 9.00. The van der Waals surface area contributed by atoms with Crippen LogP contribution in [0, 0.1) is 27.7 Å². The fourth-order valence-electron chi connectivity index (χ4n) is 1.44. The molecular weight excluding hydrogens is 382 g/mol. The molecule has 112 valence electrons. The molecule has 0 aliphatic rings.